The van der Waals surface area contributed by atoms with Crippen LogP contribution in [0.5, 0.6) is 5.75 Å². The maximum atomic E-state index is 12.3. The molecule has 0 fully saturated rings. The van der Waals surface area contributed by atoms with Gasteiger partial charge < -0.3 is 10.0 Å². The molecule has 1 amide bonds. The molecule has 0 bridgehead atoms. The van der Waals surface area contributed by atoms with Crippen LogP contribution in [0.2, 0.25) is 5.02 Å². The van der Waals surface area contributed by atoms with Gasteiger partial charge in [-0.3, -0.25) is 4.79 Å². The van der Waals surface area contributed by atoms with Crippen molar-refractivity contribution in [3.05, 3.63) is 28.8 Å². The minimum Gasteiger partial charge on any atom is -0.507 e. The minimum absolute atomic E-state index is 0.0213. The third-order valence-electron chi connectivity index (χ3n) is 3.09. The molecule has 0 radical (unpaired) electrons. The lowest BCUT2D eigenvalue weighted by molar-refractivity contribution is 0.0738. The van der Waals surface area contributed by atoms with Crippen LogP contribution >= 0.6 is 11.6 Å². The summed E-state index contributed by atoms with van der Waals surface area (Å²) < 4.78 is 0. The summed E-state index contributed by atoms with van der Waals surface area (Å²) >= 11 is 5.86. The highest BCUT2D eigenvalue weighted by molar-refractivity contribution is 6.31. The number of phenols is 1. The smallest absolute Gasteiger partial charge is 0.257 e. The molecule has 1 N–H and O–H groups in total. The second kappa shape index (κ2) is 6.64. The van der Waals surface area contributed by atoms with E-state index in [2.05, 4.69) is 13.8 Å². The Hall–Kier alpha value is -1.22. The largest absolute Gasteiger partial charge is 0.507 e. The fourth-order valence-electron chi connectivity index (χ4n) is 1.71. The van der Waals surface area contributed by atoms with Crippen molar-refractivity contribution >= 4 is 17.5 Å². The number of rotatable bonds is 5. The van der Waals surface area contributed by atoms with Crippen LogP contribution in [0.3, 0.4) is 0 Å². The lowest BCUT2D eigenvalue weighted by Crippen LogP contribution is -2.34. The van der Waals surface area contributed by atoms with E-state index >= 15 is 0 Å². The average molecular weight is 270 g/mol. The van der Waals surface area contributed by atoms with Gasteiger partial charge in [-0.2, -0.15) is 0 Å². The molecule has 100 valence electrons. The highest BCUT2D eigenvalue weighted by atomic mass is 35.5. The van der Waals surface area contributed by atoms with E-state index in [0.29, 0.717) is 24.0 Å². The van der Waals surface area contributed by atoms with Crippen molar-refractivity contribution in [3.63, 3.8) is 0 Å². The zero-order chi connectivity index (χ0) is 13.7. The van der Waals surface area contributed by atoms with Gasteiger partial charge in [0.1, 0.15) is 5.75 Å². The predicted octanol–water partition coefficient (Wildman–Crippen LogP) is 3.55. The van der Waals surface area contributed by atoms with Crippen molar-refractivity contribution in [2.45, 2.75) is 27.2 Å². The summed E-state index contributed by atoms with van der Waals surface area (Å²) in [5, 5.41) is 10.2. The van der Waals surface area contributed by atoms with Gasteiger partial charge in [-0.05, 0) is 31.0 Å². The Morgan fingerprint density at radius 2 is 2.11 bits per heavy atom. The molecule has 1 aromatic carbocycles. The zero-order valence-electron chi connectivity index (χ0n) is 11.1. The summed E-state index contributed by atoms with van der Waals surface area (Å²) in [5.74, 6) is 0.250. The standard InChI is InChI=1S/C14H20ClNO2/c1-4-10(3)9-16(5-2)14(18)12-8-11(15)6-7-13(12)17/h6-8,10,17H,4-5,9H2,1-3H3. The van der Waals surface area contributed by atoms with Gasteiger partial charge in [0.25, 0.3) is 5.91 Å². The van der Waals surface area contributed by atoms with E-state index in [0.717, 1.165) is 6.42 Å². The van der Waals surface area contributed by atoms with E-state index in [-0.39, 0.29) is 17.2 Å². The number of phenolic OH excluding ortho intramolecular Hbond substituents is 1. The predicted molar refractivity (Wildman–Crippen MR) is 74.1 cm³/mol. The van der Waals surface area contributed by atoms with Crippen LogP contribution in [0, 0.1) is 5.92 Å². The van der Waals surface area contributed by atoms with Crippen LogP contribution in [-0.2, 0) is 0 Å². The van der Waals surface area contributed by atoms with Gasteiger partial charge in [0, 0.05) is 18.1 Å². The molecular formula is C14H20ClNO2. The van der Waals surface area contributed by atoms with Crippen molar-refractivity contribution in [1.82, 2.24) is 4.90 Å². The third kappa shape index (κ3) is 3.64. The molecule has 1 rings (SSSR count). The van der Waals surface area contributed by atoms with E-state index < -0.39 is 0 Å². The van der Waals surface area contributed by atoms with Crippen LogP contribution in [0.1, 0.15) is 37.6 Å². The Labute approximate surface area is 113 Å². The second-order valence-corrected chi connectivity index (χ2v) is 4.96. The number of nitrogens with zero attached hydrogens (tertiary/aromatic N) is 1. The van der Waals surface area contributed by atoms with Crippen molar-refractivity contribution in [1.29, 1.82) is 0 Å². The van der Waals surface area contributed by atoms with Crippen LogP contribution in [-0.4, -0.2) is 29.0 Å². The Kier molecular flexibility index (Phi) is 5.48. The van der Waals surface area contributed by atoms with Crippen molar-refractivity contribution < 1.29 is 9.90 Å². The Balaban J connectivity index is 2.92. The first-order valence-electron chi connectivity index (χ1n) is 6.27. The first-order valence-corrected chi connectivity index (χ1v) is 6.65. The van der Waals surface area contributed by atoms with E-state index in [1.165, 1.54) is 12.1 Å². The van der Waals surface area contributed by atoms with Gasteiger partial charge in [-0.15, -0.1) is 0 Å². The SMILES string of the molecule is CCC(C)CN(CC)C(=O)c1cc(Cl)ccc1O. The van der Waals surface area contributed by atoms with Crippen molar-refractivity contribution in [2.24, 2.45) is 5.92 Å². The van der Waals surface area contributed by atoms with Crippen LogP contribution in [0.4, 0.5) is 0 Å². The maximum Gasteiger partial charge on any atom is 0.257 e. The molecule has 0 aliphatic heterocycles. The molecule has 4 heteroatoms. The lowest BCUT2D eigenvalue weighted by atomic mass is 10.1. The molecule has 0 aliphatic rings. The first-order chi connectivity index (χ1) is 8.49. The molecule has 0 heterocycles. The average Bonchev–Trinajstić information content (AvgIpc) is 2.37. The molecule has 18 heavy (non-hydrogen) atoms. The van der Waals surface area contributed by atoms with Crippen molar-refractivity contribution in [2.75, 3.05) is 13.1 Å². The molecule has 1 unspecified atom stereocenters. The topological polar surface area (TPSA) is 40.5 Å². The summed E-state index contributed by atoms with van der Waals surface area (Å²) in [4.78, 5) is 14.0. The maximum absolute atomic E-state index is 12.3. The minimum atomic E-state index is -0.169. The summed E-state index contributed by atoms with van der Waals surface area (Å²) in [6.07, 6.45) is 1.02. The number of halogens is 1. The van der Waals surface area contributed by atoms with E-state index in [9.17, 15) is 9.90 Å². The summed E-state index contributed by atoms with van der Waals surface area (Å²) in [6, 6.07) is 4.53. The Morgan fingerprint density at radius 3 is 2.67 bits per heavy atom. The van der Waals surface area contributed by atoms with E-state index in [4.69, 9.17) is 11.6 Å². The monoisotopic (exact) mass is 269 g/mol. The number of carbonyl (C=O) groups excluding carboxylic acids is 1. The fourth-order valence-corrected chi connectivity index (χ4v) is 1.88. The summed E-state index contributed by atoms with van der Waals surface area (Å²) in [6.45, 7) is 7.45. The van der Waals surface area contributed by atoms with Gasteiger partial charge >= 0.3 is 0 Å². The number of amides is 1. The van der Waals surface area contributed by atoms with Gasteiger partial charge in [0.15, 0.2) is 0 Å². The normalized spacial score (nSPS) is 12.2. The highest BCUT2D eigenvalue weighted by Gasteiger charge is 2.19. The van der Waals surface area contributed by atoms with E-state index in [1.54, 1.807) is 11.0 Å². The molecule has 1 aromatic rings. The third-order valence-corrected chi connectivity index (χ3v) is 3.32. The molecule has 0 aromatic heterocycles. The molecule has 1 atom stereocenters. The molecule has 3 nitrogen and oxygen atoms in total. The highest BCUT2D eigenvalue weighted by Crippen LogP contribution is 2.23. The molecule has 0 aliphatic carbocycles. The van der Waals surface area contributed by atoms with Gasteiger partial charge in [0.05, 0.1) is 5.56 Å². The van der Waals surface area contributed by atoms with Crippen LogP contribution in [0.15, 0.2) is 18.2 Å². The summed E-state index contributed by atoms with van der Waals surface area (Å²) in [5.41, 5.74) is 0.271. The van der Waals surface area contributed by atoms with Gasteiger partial charge in [-0.1, -0.05) is 31.9 Å². The van der Waals surface area contributed by atoms with Gasteiger partial charge in [0.2, 0.25) is 0 Å². The van der Waals surface area contributed by atoms with E-state index in [1.807, 2.05) is 6.92 Å². The van der Waals surface area contributed by atoms with Crippen LogP contribution in [0.25, 0.3) is 0 Å². The zero-order valence-corrected chi connectivity index (χ0v) is 11.9. The Bertz CT molecular complexity index is 420. The number of carbonyl (C=O) groups is 1. The first kappa shape index (κ1) is 14.8. The Morgan fingerprint density at radius 1 is 1.44 bits per heavy atom. The lowest BCUT2D eigenvalue weighted by Gasteiger charge is -2.24. The molecule has 0 saturated heterocycles. The molecular weight excluding hydrogens is 250 g/mol. The number of hydrogen-bond acceptors (Lipinski definition) is 2. The van der Waals surface area contributed by atoms with Gasteiger partial charge in [-0.25, -0.2) is 0 Å². The number of aromatic hydroxyl groups is 1. The summed E-state index contributed by atoms with van der Waals surface area (Å²) in [7, 11) is 0. The second-order valence-electron chi connectivity index (χ2n) is 4.52. The molecule has 0 saturated carbocycles. The molecule has 0 spiro atoms. The van der Waals surface area contributed by atoms with Crippen LogP contribution < -0.4 is 0 Å². The fraction of sp³-hybridized carbons (Fsp3) is 0.500. The number of benzene rings is 1. The number of hydrogen-bond donors (Lipinski definition) is 1. The quantitative estimate of drug-likeness (QED) is 0.888. The van der Waals surface area contributed by atoms with Crippen molar-refractivity contribution in [3.8, 4) is 5.75 Å².